The summed E-state index contributed by atoms with van der Waals surface area (Å²) in [6.45, 7) is 2.59. The van der Waals surface area contributed by atoms with Gasteiger partial charge in [-0.3, -0.25) is 4.79 Å². The molecule has 1 N–H and O–H groups in total. The van der Waals surface area contributed by atoms with Crippen LogP contribution >= 0.6 is 11.6 Å². The van der Waals surface area contributed by atoms with Crippen molar-refractivity contribution in [1.82, 2.24) is 4.90 Å². The van der Waals surface area contributed by atoms with Gasteiger partial charge in [0.2, 0.25) is 5.91 Å². The summed E-state index contributed by atoms with van der Waals surface area (Å²) in [6.07, 6.45) is 2.62. The van der Waals surface area contributed by atoms with E-state index in [9.17, 15) is 14.7 Å². The first-order valence-electron chi connectivity index (χ1n) is 7.28. The van der Waals surface area contributed by atoms with E-state index in [4.69, 9.17) is 11.6 Å². The van der Waals surface area contributed by atoms with Crippen LogP contribution < -0.4 is 0 Å². The molecule has 1 saturated heterocycles. The Hall–Kier alpha value is -1.55. The van der Waals surface area contributed by atoms with Crippen molar-refractivity contribution in [2.24, 2.45) is 5.92 Å². The zero-order chi connectivity index (χ0) is 15.4. The number of piperidine rings is 1. The molecule has 1 aliphatic heterocycles. The highest BCUT2D eigenvalue weighted by Crippen LogP contribution is 2.26. The van der Waals surface area contributed by atoms with Crippen molar-refractivity contribution in [3.05, 3.63) is 34.9 Å². The largest absolute Gasteiger partial charge is 0.480 e. The lowest BCUT2D eigenvalue weighted by molar-refractivity contribution is -0.152. The number of nitrogens with zero attached hydrogens (tertiary/aromatic N) is 1. The van der Waals surface area contributed by atoms with Gasteiger partial charge < -0.3 is 10.0 Å². The SMILES string of the molecule is CCC1CCN(C(=O)Cc2ccc(Cl)cc2)C(C(=O)O)C1. The average molecular weight is 310 g/mol. The van der Waals surface area contributed by atoms with Gasteiger partial charge in [-0.15, -0.1) is 0 Å². The molecule has 1 heterocycles. The van der Waals surface area contributed by atoms with E-state index in [1.165, 1.54) is 4.90 Å². The first-order valence-corrected chi connectivity index (χ1v) is 7.65. The van der Waals surface area contributed by atoms with E-state index < -0.39 is 12.0 Å². The van der Waals surface area contributed by atoms with Crippen molar-refractivity contribution >= 4 is 23.5 Å². The van der Waals surface area contributed by atoms with Crippen molar-refractivity contribution in [2.75, 3.05) is 6.54 Å². The Labute approximate surface area is 129 Å². The maximum absolute atomic E-state index is 12.4. The highest BCUT2D eigenvalue weighted by Gasteiger charge is 2.35. The summed E-state index contributed by atoms with van der Waals surface area (Å²) in [5.41, 5.74) is 0.853. The minimum absolute atomic E-state index is 0.126. The summed E-state index contributed by atoms with van der Waals surface area (Å²) < 4.78 is 0. The number of carboxylic acids is 1. The predicted octanol–water partition coefficient (Wildman–Crippen LogP) is 2.98. The molecule has 0 aliphatic carbocycles. The minimum Gasteiger partial charge on any atom is -0.480 e. The van der Waals surface area contributed by atoms with Gasteiger partial charge in [0.25, 0.3) is 0 Å². The van der Waals surface area contributed by atoms with Crippen LogP contribution in [0.2, 0.25) is 5.02 Å². The average Bonchev–Trinajstić information content (AvgIpc) is 2.48. The van der Waals surface area contributed by atoms with Crippen LogP contribution in [0, 0.1) is 5.92 Å². The van der Waals surface area contributed by atoms with Crippen LogP contribution in [0.3, 0.4) is 0 Å². The zero-order valence-corrected chi connectivity index (χ0v) is 12.8. The Balaban J connectivity index is 2.06. The number of hydrogen-bond acceptors (Lipinski definition) is 2. The lowest BCUT2D eigenvalue weighted by atomic mass is 9.88. The van der Waals surface area contributed by atoms with Gasteiger partial charge in [-0.2, -0.15) is 0 Å². The van der Waals surface area contributed by atoms with E-state index >= 15 is 0 Å². The topological polar surface area (TPSA) is 57.6 Å². The summed E-state index contributed by atoms with van der Waals surface area (Å²) in [5, 5.41) is 9.99. The first kappa shape index (κ1) is 15.8. The third kappa shape index (κ3) is 3.97. The summed E-state index contributed by atoms with van der Waals surface area (Å²) in [6, 6.07) is 6.39. The molecule has 1 aromatic rings. The lowest BCUT2D eigenvalue weighted by Crippen LogP contribution is -2.50. The molecule has 0 saturated carbocycles. The minimum atomic E-state index is -0.905. The highest BCUT2D eigenvalue weighted by molar-refractivity contribution is 6.30. The molecule has 0 bridgehead atoms. The second-order valence-electron chi connectivity index (χ2n) is 5.54. The molecule has 2 atom stereocenters. The van der Waals surface area contributed by atoms with Crippen LogP contribution in [0.1, 0.15) is 31.7 Å². The number of benzene rings is 1. The van der Waals surface area contributed by atoms with Crippen LogP contribution in [0.4, 0.5) is 0 Å². The molecule has 0 aromatic heterocycles. The van der Waals surface area contributed by atoms with Crippen molar-refractivity contribution in [3.8, 4) is 0 Å². The predicted molar refractivity (Wildman–Crippen MR) is 81.3 cm³/mol. The molecule has 1 aliphatic rings. The fraction of sp³-hybridized carbons (Fsp3) is 0.500. The summed E-state index contributed by atoms with van der Waals surface area (Å²) in [5.74, 6) is -0.637. The van der Waals surface area contributed by atoms with Gasteiger partial charge in [-0.05, 0) is 36.5 Å². The monoisotopic (exact) mass is 309 g/mol. The van der Waals surface area contributed by atoms with E-state index in [2.05, 4.69) is 6.92 Å². The molecule has 0 radical (unpaired) electrons. The number of rotatable bonds is 4. The van der Waals surface area contributed by atoms with Crippen molar-refractivity contribution in [2.45, 2.75) is 38.6 Å². The van der Waals surface area contributed by atoms with Gasteiger partial charge in [-0.25, -0.2) is 4.79 Å². The van der Waals surface area contributed by atoms with Gasteiger partial charge in [0.15, 0.2) is 0 Å². The normalized spacial score (nSPS) is 22.1. The Kier molecular flexibility index (Phi) is 5.23. The van der Waals surface area contributed by atoms with Crippen molar-refractivity contribution in [3.63, 3.8) is 0 Å². The van der Waals surface area contributed by atoms with Gasteiger partial charge in [-0.1, -0.05) is 37.1 Å². The number of amides is 1. The molecule has 2 rings (SSSR count). The molecule has 1 fully saturated rings. The highest BCUT2D eigenvalue weighted by atomic mass is 35.5. The number of aliphatic carboxylic acids is 1. The Morgan fingerprint density at radius 1 is 1.33 bits per heavy atom. The van der Waals surface area contributed by atoms with Gasteiger partial charge in [0, 0.05) is 11.6 Å². The number of halogens is 1. The zero-order valence-electron chi connectivity index (χ0n) is 12.1. The van der Waals surface area contributed by atoms with Gasteiger partial charge >= 0.3 is 5.97 Å². The Bertz CT molecular complexity index is 515. The molecule has 5 heteroatoms. The quantitative estimate of drug-likeness (QED) is 0.930. The molecular formula is C16H20ClNO3. The number of carbonyl (C=O) groups is 2. The number of carbonyl (C=O) groups excluding carboxylic acids is 1. The maximum atomic E-state index is 12.4. The third-order valence-corrected chi connectivity index (χ3v) is 4.41. The van der Waals surface area contributed by atoms with Crippen LogP contribution in [-0.2, 0) is 16.0 Å². The van der Waals surface area contributed by atoms with Crippen molar-refractivity contribution in [1.29, 1.82) is 0 Å². The smallest absolute Gasteiger partial charge is 0.326 e. The first-order chi connectivity index (χ1) is 10.0. The van der Waals surface area contributed by atoms with E-state index in [1.54, 1.807) is 24.3 Å². The molecule has 114 valence electrons. The molecule has 2 unspecified atom stereocenters. The van der Waals surface area contributed by atoms with Crippen LogP contribution in [0.15, 0.2) is 24.3 Å². The van der Waals surface area contributed by atoms with Gasteiger partial charge in [0.1, 0.15) is 6.04 Å². The number of carboxylic acid groups (broad SMARTS) is 1. The Morgan fingerprint density at radius 2 is 2.00 bits per heavy atom. The third-order valence-electron chi connectivity index (χ3n) is 4.16. The molecule has 1 aromatic carbocycles. The van der Waals surface area contributed by atoms with E-state index in [0.29, 0.717) is 23.9 Å². The summed E-state index contributed by atoms with van der Waals surface area (Å²) in [4.78, 5) is 25.3. The van der Waals surface area contributed by atoms with Crippen LogP contribution in [0.25, 0.3) is 0 Å². The molecule has 4 nitrogen and oxygen atoms in total. The second-order valence-corrected chi connectivity index (χ2v) is 5.98. The molecule has 1 amide bonds. The van der Waals surface area contributed by atoms with Gasteiger partial charge in [0.05, 0.1) is 6.42 Å². The van der Waals surface area contributed by atoms with Crippen LogP contribution in [-0.4, -0.2) is 34.5 Å². The standard InChI is InChI=1S/C16H20ClNO3/c1-2-11-7-8-18(14(9-11)16(20)21)15(19)10-12-3-5-13(17)6-4-12/h3-6,11,14H,2,7-10H2,1H3,(H,20,21). The lowest BCUT2D eigenvalue weighted by Gasteiger charge is -2.37. The molecule has 0 spiro atoms. The van der Waals surface area contributed by atoms with E-state index in [-0.39, 0.29) is 12.3 Å². The number of hydrogen-bond donors (Lipinski definition) is 1. The van der Waals surface area contributed by atoms with Crippen LogP contribution in [0.5, 0.6) is 0 Å². The molecule has 21 heavy (non-hydrogen) atoms. The van der Waals surface area contributed by atoms with E-state index in [1.807, 2.05) is 0 Å². The number of likely N-dealkylation sites (tertiary alicyclic amines) is 1. The molecular weight excluding hydrogens is 290 g/mol. The summed E-state index contributed by atoms with van der Waals surface area (Å²) in [7, 11) is 0. The van der Waals surface area contributed by atoms with Crippen molar-refractivity contribution < 1.29 is 14.7 Å². The fourth-order valence-corrected chi connectivity index (χ4v) is 2.95. The second kappa shape index (κ2) is 6.94. The summed E-state index contributed by atoms with van der Waals surface area (Å²) >= 11 is 5.82. The maximum Gasteiger partial charge on any atom is 0.326 e. The fourth-order valence-electron chi connectivity index (χ4n) is 2.82. The van der Waals surface area contributed by atoms with E-state index in [0.717, 1.165) is 18.4 Å². The Morgan fingerprint density at radius 3 is 2.57 bits per heavy atom.